The van der Waals surface area contributed by atoms with Crippen molar-refractivity contribution in [3.8, 4) is 0 Å². The first kappa shape index (κ1) is 13.2. The van der Waals surface area contributed by atoms with Gasteiger partial charge in [-0.05, 0) is 37.4 Å². The van der Waals surface area contributed by atoms with Crippen LogP contribution < -0.4 is 11.1 Å². The lowest BCUT2D eigenvalue weighted by molar-refractivity contribution is 0.353. The minimum absolute atomic E-state index is 0.124. The third-order valence-electron chi connectivity index (χ3n) is 2.40. The van der Waals surface area contributed by atoms with E-state index >= 15 is 0 Å². The Kier molecular flexibility index (Phi) is 4.10. The molecule has 0 saturated carbocycles. The van der Waals surface area contributed by atoms with E-state index in [9.17, 15) is 0 Å². The van der Waals surface area contributed by atoms with Gasteiger partial charge in [0.2, 0.25) is 5.28 Å². The lowest BCUT2D eigenvalue weighted by atomic mass is 9.87. The Morgan fingerprint density at radius 1 is 1.44 bits per heavy atom. The molecule has 0 spiro atoms. The van der Waals surface area contributed by atoms with Gasteiger partial charge in [0.15, 0.2) is 0 Å². The molecule has 0 aliphatic rings. The monoisotopic (exact) mass is 242 g/mol. The SMILES string of the molecule is CC(C)C(Nc1ccnc(Cl)n1)C(C)(C)N. The second-order valence-corrected chi connectivity index (χ2v) is 5.24. The molecule has 1 atom stereocenters. The van der Waals surface area contributed by atoms with Gasteiger partial charge in [-0.25, -0.2) is 9.97 Å². The second kappa shape index (κ2) is 4.97. The fourth-order valence-electron chi connectivity index (χ4n) is 1.79. The molecule has 0 aliphatic heterocycles. The number of aromatic nitrogens is 2. The minimum atomic E-state index is -0.328. The van der Waals surface area contributed by atoms with Crippen molar-refractivity contribution >= 4 is 17.4 Å². The van der Waals surface area contributed by atoms with Crippen molar-refractivity contribution in [1.82, 2.24) is 9.97 Å². The average molecular weight is 243 g/mol. The average Bonchev–Trinajstić information content (AvgIpc) is 2.12. The molecule has 1 unspecified atom stereocenters. The highest BCUT2D eigenvalue weighted by Crippen LogP contribution is 2.19. The van der Waals surface area contributed by atoms with Crippen molar-refractivity contribution in [2.75, 3.05) is 5.32 Å². The zero-order chi connectivity index (χ0) is 12.3. The molecule has 3 N–H and O–H groups in total. The van der Waals surface area contributed by atoms with E-state index in [4.69, 9.17) is 17.3 Å². The summed E-state index contributed by atoms with van der Waals surface area (Å²) in [4.78, 5) is 7.93. The highest BCUT2D eigenvalue weighted by molar-refractivity contribution is 6.28. The highest BCUT2D eigenvalue weighted by Gasteiger charge is 2.28. The molecule has 0 fully saturated rings. The molecule has 0 bridgehead atoms. The summed E-state index contributed by atoms with van der Waals surface area (Å²) < 4.78 is 0. The van der Waals surface area contributed by atoms with E-state index in [2.05, 4.69) is 29.1 Å². The molecule has 1 aromatic heterocycles. The van der Waals surface area contributed by atoms with E-state index in [1.54, 1.807) is 12.3 Å². The zero-order valence-corrected chi connectivity index (χ0v) is 10.9. The lowest BCUT2D eigenvalue weighted by Gasteiger charge is -2.34. The molecule has 5 heteroatoms. The van der Waals surface area contributed by atoms with Crippen LogP contribution in [0.5, 0.6) is 0 Å². The molecule has 1 rings (SSSR count). The van der Waals surface area contributed by atoms with Gasteiger partial charge in [0.25, 0.3) is 0 Å². The maximum atomic E-state index is 6.13. The number of nitrogens with zero attached hydrogens (tertiary/aromatic N) is 2. The molecule has 90 valence electrons. The minimum Gasteiger partial charge on any atom is -0.365 e. The number of anilines is 1. The Labute approximate surface area is 102 Å². The van der Waals surface area contributed by atoms with Crippen LogP contribution in [-0.4, -0.2) is 21.5 Å². The predicted octanol–water partition coefficient (Wildman–Crippen LogP) is 2.30. The normalized spacial score (nSPS) is 13.9. The molecule has 4 nitrogen and oxygen atoms in total. The standard InChI is InChI=1S/C11H19ClN4/c1-7(2)9(11(3,4)13)15-8-5-6-14-10(12)16-8/h5-7,9H,13H2,1-4H3,(H,14,15,16). The first-order valence-corrected chi connectivity index (χ1v) is 5.72. The number of hydrogen-bond donors (Lipinski definition) is 2. The number of halogens is 1. The van der Waals surface area contributed by atoms with Crippen LogP contribution >= 0.6 is 11.6 Å². The molecule has 1 heterocycles. The summed E-state index contributed by atoms with van der Waals surface area (Å²) in [6.07, 6.45) is 1.62. The van der Waals surface area contributed by atoms with Crippen molar-refractivity contribution < 1.29 is 0 Å². The molecule has 0 radical (unpaired) electrons. The quantitative estimate of drug-likeness (QED) is 0.796. The number of nitrogens with one attached hydrogen (secondary N) is 1. The van der Waals surface area contributed by atoms with Crippen LogP contribution in [0.15, 0.2) is 12.3 Å². The van der Waals surface area contributed by atoms with Gasteiger partial charge in [-0.1, -0.05) is 13.8 Å². The van der Waals surface area contributed by atoms with E-state index in [0.717, 1.165) is 0 Å². The molecule has 0 saturated heterocycles. The summed E-state index contributed by atoms with van der Waals surface area (Å²) in [6, 6.07) is 1.91. The van der Waals surface area contributed by atoms with Crippen LogP contribution in [0.4, 0.5) is 5.82 Å². The van der Waals surface area contributed by atoms with Crippen LogP contribution in [0.2, 0.25) is 5.28 Å². The summed E-state index contributed by atoms with van der Waals surface area (Å²) in [7, 11) is 0. The Balaban J connectivity index is 2.84. The Morgan fingerprint density at radius 2 is 2.06 bits per heavy atom. The van der Waals surface area contributed by atoms with E-state index in [0.29, 0.717) is 11.7 Å². The summed E-state index contributed by atoms with van der Waals surface area (Å²) in [5.74, 6) is 1.10. The third kappa shape index (κ3) is 3.61. The smallest absolute Gasteiger partial charge is 0.224 e. The molecule has 0 amide bonds. The van der Waals surface area contributed by atoms with Crippen LogP contribution in [-0.2, 0) is 0 Å². The number of hydrogen-bond acceptors (Lipinski definition) is 4. The van der Waals surface area contributed by atoms with Crippen molar-refractivity contribution in [1.29, 1.82) is 0 Å². The largest absolute Gasteiger partial charge is 0.365 e. The van der Waals surface area contributed by atoms with E-state index < -0.39 is 0 Å². The van der Waals surface area contributed by atoms with E-state index in [-0.39, 0.29) is 16.9 Å². The number of nitrogens with two attached hydrogens (primary N) is 1. The van der Waals surface area contributed by atoms with Crippen molar-refractivity contribution in [3.63, 3.8) is 0 Å². The van der Waals surface area contributed by atoms with Crippen LogP contribution in [0, 0.1) is 5.92 Å². The van der Waals surface area contributed by atoms with Crippen LogP contribution in [0.25, 0.3) is 0 Å². The van der Waals surface area contributed by atoms with Gasteiger partial charge in [-0.2, -0.15) is 0 Å². The zero-order valence-electron chi connectivity index (χ0n) is 10.2. The Morgan fingerprint density at radius 3 is 2.50 bits per heavy atom. The van der Waals surface area contributed by atoms with E-state index in [1.807, 2.05) is 13.8 Å². The summed E-state index contributed by atoms with van der Waals surface area (Å²) in [6.45, 7) is 8.23. The van der Waals surface area contributed by atoms with Gasteiger partial charge >= 0.3 is 0 Å². The maximum absolute atomic E-state index is 6.13. The number of rotatable bonds is 4. The topological polar surface area (TPSA) is 63.8 Å². The van der Waals surface area contributed by atoms with Crippen molar-refractivity contribution in [2.24, 2.45) is 11.7 Å². The van der Waals surface area contributed by atoms with Crippen molar-refractivity contribution in [2.45, 2.75) is 39.3 Å². The molecular formula is C11H19ClN4. The fraction of sp³-hybridized carbons (Fsp3) is 0.636. The first-order chi connectivity index (χ1) is 7.30. The van der Waals surface area contributed by atoms with Crippen LogP contribution in [0.3, 0.4) is 0 Å². The Bertz CT molecular complexity index is 346. The van der Waals surface area contributed by atoms with Crippen molar-refractivity contribution in [3.05, 3.63) is 17.5 Å². The van der Waals surface area contributed by atoms with Crippen LogP contribution in [0.1, 0.15) is 27.7 Å². The summed E-state index contributed by atoms with van der Waals surface area (Å²) >= 11 is 5.73. The fourth-order valence-corrected chi connectivity index (χ4v) is 1.93. The predicted molar refractivity (Wildman–Crippen MR) is 67.6 cm³/mol. The summed E-state index contributed by atoms with van der Waals surface area (Å²) in [5.41, 5.74) is 5.80. The molecule has 0 aromatic carbocycles. The van der Waals surface area contributed by atoms with Gasteiger partial charge < -0.3 is 11.1 Å². The van der Waals surface area contributed by atoms with Gasteiger partial charge in [0, 0.05) is 17.8 Å². The first-order valence-electron chi connectivity index (χ1n) is 5.34. The second-order valence-electron chi connectivity index (χ2n) is 4.90. The highest BCUT2D eigenvalue weighted by atomic mass is 35.5. The molecule has 1 aromatic rings. The van der Waals surface area contributed by atoms with Gasteiger partial charge in [-0.15, -0.1) is 0 Å². The summed E-state index contributed by atoms with van der Waals surface area (Å²) in [5, 5.41) is 3.54. The maximum Gasteiger partial charge on any atom is 0.224 e. The van der Waals surface area contributed by atoms with Gasteiger partial charge in [0.05, 0.1) is 0 Å². The van der Waals surface area contributed by atoms with Gasteiger partial charge in [0.1, 0.15) is 5.82 Å². The lowest BCUT2D eigenvalue weighted by Crippen LogP contribution is -2.52. The molecule has 0 aliphatic carbocycles. The molecule has 16 heavy (non-hydrogen) atoms. The Hall–Kier alpha value is -0.870. The molecular weight excluding hydrogens is 224 g/mol. The van der Waals surface area contributed by atoms with Gasteiger partial charge in [-0.3, -0.25) is 0 Å². The third-order valence-corrected chi connectivity index (χ3v) is 2.58. The van der Waals surface area contributed by atoms with E-state index in [1.165, 1.54) is 0 Å².